The zero-order valence-electron chi connectivity index (χ0n) is 16.3. The zero-order chi connectivity index (χ0) is 20.9. The van der Waals surface area contributed by atoms with Crippen LogP contribution in [0.25, 0.3) is 6.08 Å². The number of ether oxygens (including phenoxy) is 2. The Morgan fingerprint density at radius 1 is 1.07 bits per heavy atom. The molecule has 2 amide bonds. The van der Waals surface area contributed by atoms with Gasteiger partial charge in [0.2, 0.25) is 0 Å². The normalized spacial score (nSPS) is 13.8. The molecule has 0 aromatic heterocycles. The topological polar surface area (TPSA) is 76.7 Å². The fourth-order valence-corrected chi connectivity index (χ4v) is 3.11. The van der Waals surface area contributed by atoms with Crippen LogP contribution in [0, 0.1) is 0 Å². The number of carbonyl (C=O) groups is 2. The number of rotatable bonds is 5. The van der Waals surface area contributed by atoms with Crippen molar-refractivity contribution in [2.45, 2.75) is 6.54 Å². The van der Waals surface area contributed by atoms with Crippen molar-refractivity contribution >= 4 is 23.6 Å². The fraction of sp³-hybridized carbons (Fsp3) is 0.0833. The van der Waals surface area contributed by atoms with E-state index in [2.05, 4.69) is 10.6 Å². The van der Waals surface area contributed by atoms with Gasteiger partial charge < -0.3 is 20.1 Å². The first-order valence-electron chi connectivity index (χ1n) is 9.44. The van der Waals surface area contributed by atoms with Crippen LogP contribution in [0.1, 0.15) is 21.5 Å². The van der Waals surface area contributed by atoms with Gasteiger partial charge >= 0.3 is 0 Å². The third-order valence-electron chi connectivity index (χ3n) is 4.66. The molecule has 0 atom stereocenters. The number of hydrogen-bond acceptors (Lipinski definition) is 4. The van der Waals surface area contributed by atoms with Crippen LogP contribution < -0.4 is 20.1 Å². The fourth-order valence-electron chi connectivity index (χ4n) is 3.11. The summed E-state index contributed by atoms with van der Waals surface area (Å²) >= 11 is 0. The van der Waals surface area contributed by atoms with Crippen LogP contribution in [0.2, 0.25) is 0 Å². The Labute approximate surface area is 174 Å². The Morgan fingerprint density at radius 2 is 1.83 bits per heavy atom. The van der Waals surface area contributed by atoms with E-state index in [1.165, 1.54) is 0 Å². The first kappa shape index (κ1) is 19.3. The van der Waals surface area contributed by atoms with E-state index in [4.69, 9.17) is 9.47 Å². The molecule has 2 N–H and O–H groups in total. The molecule has 0 saturated heterocycles. The van der Waals surface area contributed by atoms with Gasteiger partial charge in [0, 0.05) is 17.7 Å². The van der Waals surface area contributed by atoms with Crippen molar-refractivity contribution in [2.75, 3.05) is 12.4 Å². The van der Waals surface area contributed by atoms with Gasteiger partial charge in [-0.2, -0.15) is 0 Å². The van der Waals surface area contributed by atoms with E-state index in [0.717, 1.165) is 11.1 Å². The Kier molecular flexibility index (Phi) is 5.48. The average Bonchev–Trinajstić information content (AvgIpc) is 2.78. The average molecular weight is 400 g/mol. The molecule has 1 heterocycles. The third-order valence-corrected chi connectivity index (χ3v) is 4.66. The molecule has 0 unspecified atom stereocenters. The SMILES string of the molecule is COc1ccccc1/C=C1/Oc2ccc(C(=O)NCc3ccccc3)cc2NC1=O. The lowest BCUT2D eigenvalue weighted by atomic mass is 10.1. The molecular formula is C24H20N2O4. The summed E-state index contributed by atoms with van der Waals surface area (Å²) in [5.41, 5.74) is 2.62. The predicted molar refractivity (Wildman–Crippen MR) is 114 cm³/mol. The predicted octanol–water partition coefficient (Wildman–Crippen LogP) is 4.00. The number of benzene rings is 3. The largest absolute Gasteiger partial charge is 0.496 e. The van der Waals surface area contributed by atoms with Gasteiger partial charge in [0.15, 0.2) is 11.5 Å². The van der Waals surface area contributed by atoms with Crippen LogP contribution in [0.5, 0.6) is 11.5 Å². The minimum absolute atomic E-state index is 0.147. The number of anilines is 1. The van der Waals surface area contributed by atoms with E-state index in [0.29, 0.717) is 29.3 Å². The summed E-state index contributed by atoms with van der Waals surface area (Å²) in [6.07, 6.45) is 1.62. The van der Waals surface area contributed by atoms with Crippen LogP contribution in [0.3, 0.4) is 0 Å². The van der Waals surface area contributed by atoms with Crippen LogP contribution in [-0.4, -0.2) is 18.9 Å². The number of nitrogens with one attached hydrogen (secondary N) is 2. The van der Waals surface area contributed by atoms with E-state index in [1.807, 2.05) is 48.5 Å². The molecule has 6 heteroatoms. The highest BCUT2D eigenvalue weighted by Crippen LogP contribution is 2.33. The first-order valence-corrected chi connectivity index (χ1v) is 9.44. The summed E-state index contributed by atoms with van der Waals surface area (Å²) in [4.78, 5) is 25.0. The highest BCUT2D eigenvalue weighted by molar-refractivity contribution is 6.09. The number of carbonyl (C=O) groups excluding carboxylic acids is 2. The van der Waals surface area contributed by atoms with Crippen molar-refractivity contribution < 1.29 is 19.1 Å². The van der Waals surface area contributed by atoms with E-state index in [-0.39, 0.29) is 11.7 Å². The van der Waals surface area contributed by atoms with E-state index >= 15 is 0 Å². The second-order valence-corrected chi connectivity index (χ2v) is 6.69. The number of fused-ring (bicyclic) bond motifs is 1. The maximum absolute atomic E-state index is 12.5. The zero-order valence-corrected chi connectivity index (χ0v) is 16.3. The van der Waals surface area contributed by atoms with Crippen LogP contribution in [-0.2, 0) is 11.3 Å². The van der Waals surface area contributed by atoms with Crippen molar-refractivity contribution in [3.63, 3.8) is 0 Å². The molecule has 150 valence electrons. The highest BCUT2D eigenvalue weighted by Gasteiger charge is 2.23. The number of amides is 2. The van der Waals surface area contributed by atoms with Gasteiger partial charge in [0.25, 0.3) is 11.8 Å². The molecule has 1 aliphatic heterocycles. The van der Waals surface area contributed by atoms with E-state index in [1.54, 1.807) is 37.5 Å². The molecule has 30 heavy (non-hydrogen) atoms. The molecule has 4 rings (SSSR count). The monoisotopic (exact) mass is 400 g/mol. The number of methoxy groups -OCH3 is 1. The summed E-state index contributed by atoms with van der Waals surface area (Å²) in [5, 5.41) is 5.65. The molecular weight excluding hydrogens is 380 g/mol. The Hall–Kier alpha value is -4.06. The maximum atomic E-state index is 12.5. The molecule has 6 nitrogen and oxygen atoms in total. The maximum Gasteiger partial charge on any atom is 0.291 e. The van der Waals surface area contributed by atoms with Gasteiger partial charge in [-0.15, -0.1) is 0 Å². The quantitative estimate of drug-likeness (QED) is 0.635. The molecule has 1 aliphatic rings. The second-order valence-electron chi connectivity index (χ2n) is 6.69. The van der Waals surface area contributed by atoms with Crippen LogP contribution in [0.4, 0.5) is 5.69 Å². The Morgan fingerprint density at radius 3 is 2.63 bits per heavy atom. The molecule has 0 bridgehead atoms. The minimum atomic E-state index is -0.393. The minimum Gasteiger partial charge on any atom is -0.496 e. The molecule has 0 radical (unpaired) electrons. The summed E-state index contributed by atoms with van der Waals surface area (Å²) in [7, 11) is 1.57. The van der Waals surface area contributed by atoms with Gasteiger partial charge in [0.05, 0.1) is 12.8 Å². The van der Waals surface area contributed by atoms with Crippen LogP contribution >= 0.6 is 0 Å². The van der Waals surface area contributed by atoms with Crippen molar-refractivity contribution in [3.05, 3.63) is 95.2 Å². The summed E-state index contributed by atoms with van der Waals surface area (Å²) in [5.74, 6) is 0.628. The molecule has 3 aromatic carbocycles. The summed E-state index contributed by atoms with van der Waals surface area (Å²) in [6, 6.07) is 21.9. The van der Waals surface area contributed by atoms with Crippen molar-refractivity contribution in [1.82, 2.24) is 5.32 Å². The lowest BCUT2D eigenvalue weighted by molar-refractivity contribution is -0.115. The van der Waals surface area contributed by atoms with Gasteiger partial charge in [-0.05, 0) is 35.9 Å². The Bertz CT molecular complexity index is 1120. The molecule has 0 aliphatic carbocycles. The van der Waals surface area contributed by atoms with E-state index < -0.39 is 5.91 Å². The molecule has 0 spiro atoms. The standard InChI is InChI=1S/C24H20N2O4/c1-29-20-10-6-5-9-17(20)14-22-24(28)26-19-13-18(11-12-21(19)30-22)23(27)25-15-16-7-3-2-4-8-16/h2-14H,15H2,1H3,(H,25,27)(H,26,28)/b22-14+. The summed E-state index contributed by atoms with van der Waals surface area (Å²) < 4.78 is 11.1. The Balaban J connectivity index is 1.51. The van der Waals surface area contributed by atoms with Gasteiger partial charge in [0.1, 0.15) is 5.75 Å². The van der Waals surface area contributed by atoms with Crippen molar-refractivity contribution in [2.24, 2.45) is 0 Å². The van der Waals surface area contributed by atoms with Gasteiger partial charge in [-0.3, -0.25) is 9.59 Å². The molecule has 3 aromatic rings. The van der Waals surface area contributed by atoms with Crippen molar-refractivity contribution in [1.29, 1.82) is 0 Å². The molecule has 0 fully saturated rings. The number of hydrogen-bond donors (Lipinski definition) is 2. The molecule has 0 saturated carbocycles. The van der Waals surface area contributed by atoms with E-state index in [9.17, 15) is 9.59 Å². The highest BCUT2D eigenvalue weighted by atomic mass is 16.5. The first-order chi connectivity index (χ1) is 14.6. The van der Waals surface area contributed by atoms with Gasteiger partial charge in [-0.25, -0.2) is 0 Å². The van der Waals surface area contributed by atoms with Crippen molar-refractivity contribution in [3.8, 4) is 11.5 Å². The number of para-hydroxylation sites is 1. The lowest BCUT2D eigenvalue weighted by Crippen LogP contribution is -2.25. The third kappa shape index (κ3) is 4.17. The van der Waals surface area contributed by atoms with Gasteiger partial charge in [-0.1, -0.05) is 48.5 Å². The lowest BCUT2D eigenvalue weighted by Gasteiger charge is -2.20. The second kappa shape index (κ2) is 8.53. The summed E-state index contributed by atoms with van der Waals surface area (Å²) in [6.45, 7) is 0.422. The van der Waals surface area contributed by atoms with Crippen LogP contribution in [0.15, 0.2) is 78.6 Å². The smallest absolute Gasteiger partial charge is 0.291 e.